The maximum Gasteiger partial charge on any atom is 0.273 e. The summed E-state index contributed by atoms with van der Waals surface area (Å²) in [4.78, 5) is 49.2. The lowest BCUT2D eigenvalue weighted by molar-refractivity contribution is -0.129. The number of halogens is 2. The Labute approximate surface area is 162 Å². The predicted octanol–water partition coefficient (Wildman–Crippen LogP) is 0.571. The second kappa shape index (κ2) is 8.05. The fourth-order valence-electron chi connectivity index (χ4n) is 2.84. The Morgan fingerprint density at radius 3 is 2.41 bits per heavy atom. The van der Waals surface area contributed by atoms with Gasteiger partial charge in [0.15, 0.2) is 11.6 Å². The van der Waals surface area contributed by atoms with Crippen LogP contribution in [0.4, 0.5) is 8.78 Å². The molecule has 3 N–H and O–H groups in total. The lowest BCUT2D eigenvalue weighted by Crippen LogP contribution is -2.42. The second-order valence-corrected chi connectivity index (χ2v) is 6.17. The van der Waals surface area contributed by atoms with Crippen LogP contribution in [0.25, 0.3) is 10.8 Å². The van der Waals surface area contributed by atoms with E-state index in [1.54, 1.807) is 12.1 Å². The van der Waals surface area contributed by atoms with Gasteiger partial charge in [0.05, 0.1) is 10.8 Å². The van der Waals surface area contributed by atoms with Crippen LogP contribution in [0.5, 0.6) is 0 Å². The number of benzene rings is 2. The normalized spacial score (nSPS) is 11.8. The molecule has 8 nitrogen and oxygen atoms in total. The van der Waals surface area contributed by atoms with Crippen LogP contribution in [-0.4, -0.2) is 28.6 Å². The molecule has 2 aromatic carbocycles. The Hall–Kier alpha value is -3.82. The molecule has 0 radical (unpaired) electrons. The molecule has 0 fully saturated rings. The highest BCUT2D eigenvalue weighted by molar-refractivity contribution is 5.88. The first kappa shape index (κ1) is 19.9. The average Bonchev–Trinajstić information content (AvgIpc) is 2.71. The minimum Gasteiger partial charge on any atom is -0.357 e. The van der Waals surface area contributed by atoms with Gasteiger partial charge in [-0.15, -0.1) is 0 Å². The summed E-state index contributed by atoms with van der Waals surface area (Å²) >= 11 is 0. The Bertz CT molecular complexity index is 1220. The van der Waals surface area contributed by atoms with Crippen molar-refractivity contribution in [3.63, 3.8) is 0 Å². The van der Waals surface area contributed by atoms with Gasteiger partial charge in [0.2, 0.25) is 11.8 Å². The molecule has 1 atom stereocenters. The molecule has 1 aromatic heterocycles. The molecule has 0 aliphatic heterocycles. The number of aromatic nitrogens is 2. The third-order valence-electron chi connectivity index (χ3n) is 4.28. The van der Waals surface area contributed by atoms with Crippen molar-refractivity contribution in [3.8, 4) is 0 Å². The van der Waals surface area contributed by atoms with Crippen LogP contribution >= 0.6 is 0 Å². The highest BCUT2D eigenvalue weighted by atomic mass is 19.2. The molecule has 0 aliphatic rings. The van der Waals surface area contributed by atoms with E-state index >= 15 is 0 Å². The standard InChI is InChI=1S/C19H16F2N4O4/c1-22-18(28)16(10-6-7-13(20)14(21)8-10)23-15(26)9-25-19(29)12-5-3-2-4-11(12)17(27)24-25/h2-8,16H,9H2,1H3,(H,22,28)(H,23,26)(H,24,27). The molecule has 1 heterocycles. The maximum atomic E-state index is 13.5. The van der Waals surface area contributed by atoms with E-state index in [0.29, 0.717) is 0 Å². The van der Waals surface area contributed by atoms with Crippen LogP contribution in [0, 0.1) is 11.6 Å². The van der Waals surface area contributed by atoms with E-state index in [9.17, 15) is 28.0 Å². The van der Waals surface area contributed by atoms with Crippen molar-refractivity contribution in [2.45, 2.75) is 12.6 Å². The topological polar surface area (TPSA) is 113 Å². The number of hydrogen-bond donors (Lipinski definition) is 3. The van der Waals surface area contributed by atoms with Crippen molar-refractivity contribution in [2.75, 3.05) is 7.05 Å². The third kappa shape index (κ3) is 4.05. The van der Waals surface area contributed by atoms with Gasteiger partial charge in [0, 0.05) is 7.05 Å². The van der Waals surface area contributed by atoms with Crippen LogP contribution in [0.3, 0.4) is 0 Å². The van der Waals surface area contributed by atoms with E-state index in [0.717, 1.165) is 22.9 Å². The number of carbonyl (C=O) groups is 2. The van der Waals surface area contributed by atoms with Crippen LogP contribution in [0.2, 0.25) is 0 Å². The molecule has 1 unspecified atom stereocenters. The van der Waals surface area contributed by atoms with Gasteiger partial charge in [0.25, 0.3) is 11.1 Å². The molecule has 0 saturated heterocycles. The molecule has 29 heavy (non-hydrogen) atoms. The highest BCUT2D eigenvalue weighted by Crippen LogP contribution is 2.17. The van der Waals surface area contributed by atoms with E-state index in [-0.39, 0.29) is 16.3 Å². The number of likely N-dealkylation sites (N-methyl/N-ethyl adjacent to an activating group) is 1. The van der Waals surface area contributed by atoms with E-state index in [4.69, 9.17) is 0 Å². The molecule has 0 spiro atoms. The number of aromatic amines is 1. The number of nitrogens with one attached hydrogen (secondary N) is 3. The fourth-order valence-corrected chi connectivity index (χ4v) is 2.84. The largest absolute Gasteiger partial charge is 0.357 e. The molecular formula is C19H16F2N4O4. The molecule has 0 saturated carbocycles. The van der Waals surface area contributed by atoms with E-state index in [2.05, 4.69) is 15.7 Å². The Kier molecular flexibility index (Phi) is 5.53. The number of amides is 2. The first-order valence-corrected chi connectivity index (χ1v) is 8.49. The van der Waals surface area contributed by atoms with Gasteiger partial charge in [-0.05, 0) is 29.8 Å². The van der Waals surface area contributed by atoms with Crippen molar-refractivity contribution >= 4 is 22.6 Å². The molecule has 3 rings (SSSR count). The maximum absolute atomic E-state index is 13.5. The summed E-state index contributed by atoms with van der Waals surface area (Å²) in [6, 6.07) is 7.56. The van der Waals surface area contributed by atoms with Crippen LogP contribution < -0.4 is 21.8 Å². The number of fused-ring (bicyclic) bond motifs is 1. The van der Waals surface area contributed by atoms with Crippen molar-refractivity contribution in [1.82, 2.24) is 20.4 Å². The lowest BCUT2D eigenvalue weighted by atomic mass is 10.1. The van der Waals surface area contributed by atoms with Crippen molar-refractivity contribution in [1.29, 1.82) is 0 Å². The summed E-state index contributed by atoms with van der Waals surface area (Å²) in [5.74, 6) is -3.75. The van der Waals surface area contributed by atoms with E-state index in [1.165, 1.54) is 19.2 Å². The first-order valence-electron chi connectivity index (χ1n) is 8.49. The van der Waals surface area contributed by atoms with Gasteiger partial charge in [-0.1, -0.05) is 18.2 Å². The zero-order valence-electron chi connectivity index (χ0n) is 15.2. The SMILES string of the molecule is CNC(=O)C(NC(=O)Cn1[nH]c(=O)c2ccccc2c1=O)c1ccc(F)c(F)c1. The van der Waals surface area contributed by atoms with Crippen molar-refractivity contribution in [3.05, 3.63) is 80.4 Å². The minimum absolute atomic E-state index is 0.0101. The summed E-state index contributed by atoms with van der Waals surface area (Å²) in [7, 11) is 1.31. The predicted molar refractivity (Wildman–Crippen MR) is 100 cm³/mol. The molecule has 0 aliphatic carbocycles. The van der Waals surface area contributed by atoms with Gasteiger partial charge in [-0.2, -0.15) is 0 Å². The zero-order valence-corrected chi connectivity index (χ0v) is 15.2. The molecule has 3 aromatic rings. The van der Waals surface area contributed by atoms with E-state index < -0.39 is 47.2 Å². The Morgan fingerprint density at radius 2 is 1.76 bits per heavy atom. The third-order valence-corrected chi connectivity index (χ3v) is 4.28. The first-order chi connectivity index (χ1) is 13.8. The summed E-state index contributed by atoms with van der Waals surface area (Å²) in [5, 5.41) is 7.28. The van der Waals surface area contributed by atoms with E-state index in [1.807, 2.05) is 0 Å². The molecular weight excluding hydrogens is 386 g/mol. The number of nitrogens with zero attached hydrogens (tertiary/aromatic N) is 1. The second-order valence-electron chi connectivity index (χ2n) is 6.17. The van der Waals surface area contributed by atoms with Gasteiger partial charge in [-0.25, -0.2) is 13.5 Å². The van der Waals surface area contributed by atoms with Crippen LogP contribution in [0.1, 0.15) is 11.6 Å². The summed E-state index contributed by atoms with van der Waals surface area (Å²) in [6.45, 7) is -0.587. The van der Waals surface area contributed by atoms with Crippen LogP contribution in [-0.2, 0) is 16.1 Å². The molecule has 150 valence electrons. The van der Waals surface area contributed by atoms with Gasteiger partial charge < -0.3 is 10.6 Å². The van der Waals surface area contributed by atoms with Gasteiger partial charge in [0.1, 0.15) is 12.6 Å². The number of rotatable bonds is 5. The average molecular weight is 402 g/mol. The quantitative estimate of drug-likeness (QED) is 0.579. The molecule has 10 heteroatoms. The van der Waals surface area contributed by atoms with Crippen molar-refractivity contribution in [2.24, 2.45) is 0 Å². The Balaban J connectivity index is 1.89. The summed E-state index contributed by atoms with van der Waals surface area (Å²) < 4.78 is 27.5. The molecule has 2 amide bonds. The summed E-state index contributed by atoms with van der Waals surface area (Å²) in [6.07, 6.45) is 0. The molecule has 0 bridgehead atoms. The van der Waals surface area contributed by atoms with Crippen molar-refractivity contribution < 1.29 is 18.4 Å². The zero-order chi connectivity index (χ0) is 21.1. The minimum atomic E-state index is -1.33. The number of H-pyrrole nitrogens is 1. The van der Waals surface area contributed by atoms with Gasteiger partial charge >= 0.3 is 0 Å². The fraction of sp³-hybridized carbons (Fsp3) is 0.158. The number of hydrogen-bond acceptors (Lipinski definition) is 4. The number of carbonyl (C=O) groups excluding carboxylic acids is 2. The van der Waals surface area contributed by atoms with Crippen LogP contribution in [0.15, 0.2) is 52.1 Å². The highest BCUT2D eigenvalue weighted by Gasteiger charge is 2.23. The van der Waals surface area contributed by atoms with Gasteiger partial charge in [-0.3, -0.25) is 24.3 Å². The Morgan fingerprint density at radius 1 is 1.07 bits per heavy atom. The monoisotopic (exact) mass is 402 g/mol. The smallest absolute Gasteiger partial charge is 0.273 e. The summed E-state index contributed by atoms with van der Waals surface area (Å²) in [5.41, 5.74) is -1.15. The lowest BCUT2D eigenvalue weighted by Gasteiger charge is -2.18.